The van der Waals surface area contributed by atoms with E-state index in [0.717, 1.165) is 25.7 Å². The summed E-state index contributed by atoms with van der Waals surface area (Å²) in [5.74, 6) is -0.185. The summed E-state index contributed by atoms with van der Waals surface area (Å²) in [6.45, 7) is 4.47. The van der Waals surface area contributed by atoms with Gasteiger partial charge in [0.1, 0.15) is 3.92 Å². The predicted octanol–water partition coefficient (Wildman–Crippen LogP) is 2.30. The minimum absolute atomic E-state index is 0.0477. The van der Waals surface area contributed by atoms with Gasteiger partial charge in [-0.2, -0.15) is 0 Å². The molecule has 0 aromatic heterocycles. The molecule has 4 nitrogen and oxygen atoms in total. The molecular formula is C12H22INO3. The molecule has 100 valence electrons. The van der Waals surface area contributed by atoms with Crippen LogP contribution in [0.2, 0.25) is 0 Å². The molecule has 0 aromatic carbocycles. The number of nitrogens with one attached hydrogen (secondary N) is 1. The lowest BCUT2D eigenvalue weighted by Gasteiger charge is -2.15. The van der Waals surface area contributed by atoms with E-state index in [1.807, 2.05) is 29.5 Å². The summed E-state index contributed by atoms with van der Waals surface area (Å²) < 4.78 is 4.28. The third-order valence-corrected chi connectivity index (χ3v) is 3.63. The Balaban J connectivity index is 4.01. The number of carbonyl (C=O) groups is 2. The number of hydrogen-bond donors (Lipinski definition) is 1. The van der Waals surface area contributed by atoms with E-state index in [2.05, 4.69) is 17.0 Å². The van der Waals surface area contributed by atoms with Crippen LogP contribution in [0.25, 0.3) is 0 Å². The van der Waals surface area contributed by atoms with Crippen molar-refractivity contribution in [2.45, 2.75) is 43.5 Å². The van der Waals surface area contributed by atoms with Crippen LogP contribution in [0, 0.1) is 5.92 Å². The van der Waals surface area contributed by atoms with Crippen molar-refractivity contribution < 1.29 is 14.3 Å². The van der Waals surface area contributed by atoms with Crippen molar-refractivity contribution in [1.82, 2.24) is 5.32 Å². The molecule has 2 atom stereocenters. The number of methoxy groups -OCH3 is 1. The molecule has 2 unspecified atom stereocenters. The minimum Gasteiger partial charge on any atom is -0.468 e. The topological polar surface area (TPSA) is 55.4 Å². The fraction of sp³-hybridized carbons (Fsp3) is 0.833. The minimum atomic E-state index is -0.315. The average molecular weight is 355 g/mol. The van der Waals surface area contributed by atoms with E-state index in [4.69, 9.17) is 0 Å². The van der Waals surface area contributed by atoms with Crippen molar-refractivity contribution in [3.63, 3.8) is 0 Å². The van der Waals surface area contributed by atoms with E-state index in [9.17, 15) is 9.59 Å². The highest BCUT2D eigenvalue weighted by Gasteiger charge is 2.19. The Morgan fingerprint density at radius 2 is 2.00 bits per heavy atom. The van der Waals surface area contributed by atoms with Crippen LogP contribution in [0.5, 0.6) is 0 Å². The van der Waals surface area contributed by atoms with Crippen LogP contribution in [0.1, 0.15) is 39.5 Å². The van der Waals surface area contributed by atoms with Gasteiger partial charge in [0.15, 0.2) is 0 Å². The molecule has 0 aliphatic carbocycles. The zero-order chi connectivity index (χ0) is 13.3. The Morgan fingerprint density at radius 1 is 1.35 bits per heavy atom. The number of rotatable bonds is 8. The van der Waals surface area contributed by atoms with Crippen molar-refractivity contribution in [3.05, 3.63) is 0 Å². The molecule has 0 heterocycles. The molecule has 0 spiro atoms. The molecule has 17 heavy (non-hydrogen) atoms. The van der Waals surface area contributed by atoms with Gasteiger partial charge in [0, 0.05) is 12.5 Å². The molecular weight excluding hydrogens is 333 g/mol. The number of unbranched alkanes of at least 4 members (excludes halogenated alkanes) is 1. The fourth-order valence-electron chi connectivity index (χ4n) is 1.52. The van der Waals surface area contributed by atoms with Crippen LogP contribution in [0.3, 0.4) is 0 Å². The maximum atomic E-state index is 11.8. The Kier molecular flexibility index (Phi) is 9.49. The second-order valence-electron chi connectivity index (χ2n) is 3.98. The normalized spacial score (nSPS) is 13.9. The molecule has 0 fully saturated rings. The van der Waals surface area contributed by atoms with E-state index in [1.165, 1.54) is 7.11 Å². The predicted molar refractivity (Wildman–Crippen MR) is 76.1 cm³/mol. The van der Waals surface area contributed by atoms with Crippen LogP contribution in [0.4, 0.5) is 0 Å². The standard InChI is InChI=1S/C12H22INO3/c1-4-6-7-9(5-2)11(15)14-8-10(13)12(16)17-3/h9-10H,4-8H2,1-3H3,(H,14,15). The maximum absolute atomic E-state index is 11.8. The van der Waals surface area contributed by atoms with Crippen LogP contribution >= 0.6 is 22.6 Å². The van der Waals surface area contributed by atoms with Crippen LogP contribution in [0.15, 0.2) is 0 Å². The molecule has 0 rings (SSSR count). The Hall–Kier alpha value is -0.330. The van der Waals surface area contributed by atoms with Crippen molar-refractivity contribution in [2.24, 2.45) is 5.92 Å². The number of hydrogen-bond acceptors (Lipinski definition) is 3. The third-order valence-electron chi connectivity index (χ3n) is 2.68. The molecule has 5 heteroatoms. The quantitative estimate of drug-likeness (QED) is 0.413. The van der Waals surface area contributed by atoms with E-state index in [1.54, 1.807) is 0 Å². The summed E-state index contributed by atoms with van der Waals surface area (Å²) in [5, 5.41) is 2.81. The first-order chi connectivity index (χ1) is 8.06. The summed E-state index contributed by atoms with van der Waals surface area (Å²) >= 11 is 1.98. The first-order valence-electron chi connectivity index (χ1n) is 6.06. The fourth-order valence-corrected chi connectivity index (χ4v) is 1.99. The van der Waals surface area contributed by atoms with Gasteiger partial charge in [-0.1, -0.05) is 49.3 Å². The molecule has 0 radical (unpaired) electrons. The van der Waals surface area contributed by atoms with Crippen LogP contribution in [-0.4, -0.2) is 29.5 Å². The number of esters is 1. The molecule has 0 saturated carbocycles. The zero-order valence-electron chi connectivity index (χ0n) is 10.8. The summed E-state index contributed by atoms with van der Waals surface area (Å²) in [6.07, 6.45) is 3.93. The summed E-state index contributed by atoms with van der Waals surface area (Å²) in [4.78, 5) is 23.0. The van der Waals surface area contributed by atoms with E-state index < -0.39 is 0 Å². The number of carbonyl (C=O) groups excluding carboxylic acids is 2. The van der Waals surface area contributed by atoms with Gasteiger partial charge in [-0.05, 0) is 12.8 Å². The molecule has 1 N–H and O–H groups in total. The van der Waals surface area contributed by atoms with Crippen molar-refractivity contribution in [3.8, 4) is 0 Å². The summed E-state index contributed by atoms with van der Waals surface area (Å²) in [7, 11) is 1.35. The van der Waals surface area contributed by atoms with E-state index >= 15 is 0 Å². The lowest BCUT2D eigenvalue weighted by atomic mass is 9.98. The smallest absolute Gasteiger partial charge is 0.320 e. The number of alkyl halides is 1. The molecule has 0 aliphatic heterocycles. The lowest BCUT2D eigenvalue weighted by Crippen LogP contribution is -2.37. The van der Waals surface area contributed by atoms with Crippen molar-refractivity contribution in [1.29, 1.82) is 0 Å². The highest BCUT2D eigenvalue weighted by molar-refractivity contribution is 14.1. The van der Waals surface area contributed by atoms with Gasteiger partial charge >= 0.3 is 5.97 Å². The highest BCUT2D eigenvalue weighted by atomic mass is 127. The lowest BCUT2D eigenvalue weighted by molar-refractivity contribution is -0.139. The summed E-state index contributed by atoms with van der Waals surface area (Å²) in [6, 6.07) is 0. The van der Waals surface area contributed by atoms with Gasteiger partial charge in [0.2, 0.25) is 5.91 Å². The highest BCUT2D eigenvalue weighted by Crippen LogP contribution is 2.12. The van der Waals surface area contributed by atoms with Gasteiger partial charge < -0.3 is 10.1 Å². The molecule has 1 amide bonds. The Bertz CT molecular complexity index is 246. The van der Waals surface area contributed by atoms with Crippen LogP contribution in [-0.2, 0) is 14.3 Å². The van der Waals surface area contributed by atoms with Gasteiger partial charge in [0.25, 0.3) is 0 Å². The van der Waals surface area contributed by atoms with Crippen molar-refractivity contribution in [2.75, 3.05) is 13.7 Å². The Morgan fingerprint density at radius 3 is 2.47 bits per heavy atom. The van der Waals surface area contributed by atoms with Gasteiger partial charge in [0.05, 0.1) is 7.11 Å². The molecule has 0 aliphatic rings. The monoisotopic (exact) mass is 355 g/mol. The zero-order valence-corrected chi connectivity index (χ0v) is 13.0. The van der Waals surface area contributed by atoms with Crippen molar-refractivity contribution >= 4 is 34.5 Å². The van der Waals surface area contributed by atoms with E-state index in [0.29, 0.717) is 6.54 Å². The molecule has 0 bridgehead atoms. The molecule has 0 saturated heterocycles. The average Bonchev–Trinajstić information content (AvgIpc) is 2.35. The maximum Gasteiger partial charge on any atom is 0.320 e. The van der Waals surface area contributed by atoms with Gasteiger partial charge in [-0.25, -0.2) is 0 Å². The van der Waals surface area contributed by atoms with E-state index in [-0.39, 0.29) is 21.7 Å². The second kappa shape index (κ2) is 9.67. The van der Waals surface area contributed by atoms with Gasteiger partial charge in [-0.3, -0.25) is 9.59 Å². The first-order valence-corrected chi connectivity index (χ1v) is 7.30. The number of halogens is 1. The second-order valence-corrected chi connectivity index (χ2v) is 5.49. The van der Waals surface area contributed by atoms with Gasteiger partial charge in [-0.15, -0.1) is 0 Å². The molecule has 0 aromatic rings. The number of ether oxygens (including phenoxy) is 1. The SMILES string of the molecule is CCCCC(CC)C(=O)NCC(I)C(=O)OC. The third kappa shape index (κ3) is 6.85. The Labute approximate surface area is 117 Å². The van der Waals surface area contributed by atoms with Crippen LogP contribution < -0.4 is 5.32 Å². The first kappa shape index (κ1) is 16.7. The number of amides is 1. The summed E-state index contributed by atoms with van der Waals surface area (Å²) in [5.41, 5.74) is 0. The largest absolute Gasteiger partial charge is 0.468 e.